The van der Waals surface area contributed by atoms with Crippen molar-refractivity contribution in [2.45, 2.75) is 19.8 Å². The summed E-state index contributed by atoms with van der Waals surface area (Å²) in [6.07, 6.45) is 0.725. The first-order valence-corrected chi connectivity index (χ1v) is 11.0. The van der Waals surface area contributed by atoms with Crippen molar-refractivity contribution in [2.75, 3.05) is 30.0 Å². The van der Waals surface area contributed by atoms with Gasteiger partial charge in [0.1, 0.15) is 0 Å². The Balaban J connectivity index is 1.51. The lowest BCUT2D eigenvalue weighted by Gasteiger charge is -2.17. The molecule has 1 aliphatic rings. The molecule has 1 atom stereocenters. The minimum Gasteiger partial charge on any atom is -0.462 e. The second-order valence-electron chi connectivity index (χ2n) is 7.25. The highest BCUT2D eigenvalue weighted by molar-refractivity contribution is 9.10. The molecule has 0 radical (unpaired) electrons. The quantitative estimate of drug-likeness (QED) is 0.553. The summed E-state index contributed by atoms with van der Waals surface area (Å²) < 4.78 is 11.1. The van der Waals surface area contributed by atoms with E-state index in [-0.39, 0.29) is 18.9 Å². The SMILES string of the molecule is CCCOC(=O)c1ccc(N2C[C@@H](C(=O)OCC(=O)Nc3ccc(Br)cc3)CC2=O)cc1. The highest BCUT2D eigenvalue weighted by Gasteiger charge is 2.36. The van der Waals surface area contributed by atoms with Crippen LogP contribution < -0.4 is 10.2 Å². The minimum atomic E-state index is -0.669. The summed E-state index contributed by atoms with van der Waals surface area (Å²) in [7, 11) is 0. The monoisotopic (exact) mass is 502 g/mol. The zero-order valence-electron chi connectivity index (χ0n) is 17.5. The van der Waals surface area contributed by atoms with Crippen molar-refractivity contribution in [3.63, 3.8) is 0 Å². The average Bonchev–Trinajstić information content (AvgIpc) is 3.19. The van der Waals surface area contributed by atoms with Crippen LogP contribution >= 0.6 is 15.9 Å². The summed E-state index contributed by atoms with van der Waals surface area (Å²) in [5.41, 5.74) is 1.55. The van der Waals surface area contributed by atoms with Crippen LogP contribution in [0.3, 0.4) is 0 Å². The van der Waals surface area contributed by atoms with Gasteiger partial charge < -0.3 is 19.7 Å². The molecule has 168 valence electrons. The lowest BCUT2D eigenvalue weighted by molar-refractivity contribution is -0.151. The van der Waals surface area contributed by atoms with Crippen LogP contribution in [0.15, 0.2) is 53.0 Å². The molecule has 0 aromatic heterocycles. The van der Waals surface area contributed by atoms with E-state index in [0.717, 1.165) is 10.9 Å². The normalized spacial score (nSPS) is 15.4. The molecule has 3 rings (SSSR count). The molecule has 32 heavy (non-hydrogen) atoms. The van der Waals surface area contributed by atoms with Gasteiger partial charge in [-0.3, -0.25) is 14.4 Å². The Morgan fingerprint density at radius 1 is 1.06 bits per heavy atom. The van der Waals surface area contributed by atoms with E-state index in [9.17, 15) is 19.2 Å². The third-order valence-electron chi connectivity index (χ3n) is 4.78. The summed E-state index contributed by atoms with van der Waals surface area (Å²) >= 11 is 3.31. The van der Waals surface area contributed by atoms with Crippen molar-refractivity contribution in [1.29, 1.82) is 0 Å². The smallest absolute Gasteiger partial charge is 0.338 e. The molecule has 1 N–H and O–H groups in total. The number of amides is 2. The molecule has 1 heterocycles. The minimum absolute atomic E-state index is 0.00649. The number of ether oxygens (including phenoxy) is 2. The number of benzene rings is 2. The molecule has 1 aliphatic heterocycles. The van der Waals surface area contributed by atoms with Gasteiger partial charge in [0.15, 0.2) is 6.61 Å². The average molecular weight is 503 g/mol. The van der Waals surface area contributed by atoms with Gasteiger partial charge in [-0.1, -0.05) is 22.9 Å². The number of halogens is 1. The van der Waals surface area contributed by atoms with Gasteiger partial charge in [-0.2, -0.15) is 0 Å². The van der Waals surface area contributed by atoms with E-state index in [2.05, 4.69) is 21.2 Å². The van der Waals surface area contributed by atoms with E-state index >= 15 is 0 Å². The van der Waals surface area contributed by atoms with Gasteiger partial charge in [0, 0.05) is 28.8 Å². The molecule has 0 saturated carbocycles. The topological polar surface area (TPSA) is 102 Å². The number of esters is 2. The van der Waals surface area contributed by atoms with Crippen LogP contribution in [0, 0.1) is 5.92 Å². The highest BCUT2D eigenvalue weighted by atomic mass is 79.9. The fourth-order valence-corrected chi connectivity index (χ4v) is 3.42. The molecule has 0 aliphatic carbocycles. The molecule has 8 nitrogen and oxygen atoms in total. The first kappa shape index (κ1) is 23.5. The van der Waals surface area contributed by atoms with E-state index in [1.165, 1.54) is 4.90 Å². The van der Waals surface area contributed by atoms with Gasteiger partial charge in [0.25, 0.3) is 5.91 Å². The van der Waals surface area contributed by atoms with Gasteiger partial charge in [0.2, 0.25) is 5.91 Å². The van der Waals surface area contributed by atoms with Crippen molar-refractivity contribution in [3.8, 4) is 0 Å². The summed E-state index contributed by atoms with van der Waals surface area (Å²) in [4.78, 5) is 50.1. The van der Waals surface area contributed by atoms with Crippen molar-refractivity contribution >= 4 is 51.1 Å². The number of hydrogen-bond donors (Lipinski definition) is 1. The van der Waals surface area contributed by atoms with E-state index < -0.39 is 30.4 Å². The fraction of sp³-hybridized carbons (Fsp3) is 0.304. The van der Waals surface area contributed by atoms with Crippen LogP contribution in [-0.4, -0.2) is 43.5 Å². The summed E-state index contributed by atoms with van der Waals surface area (Å²) in [5.74, 6) is -2.39. The maximum Gasteiger partial charge on any atom is 0.338 e. The standard InChI is InChI=1S/C23H23BrN2O6/c1-2-11-31-22(29)15-3-9-19(10-4-15)26-13-16(12-21(26)28)23(30)32-14-20(27)25-18-7-5-17(24)6-8-18/h3-10,16H,2,11-14H2,1H3,(H,25,27)/t16-/m0/s1. The molecule has 0 bridgehead atoms. The Kier molecular flexibility index (Phi) is 7.99. The van der Waals surface area contributed by atoms with Gasteiger partial charge in [-0.15, -0.1) is 0 Å². The molecule has 0 unspecified atom stereocenters. The number of rotatable bonds is 8. The number of hydrogen-bond acceptors (Lipinski definition) is 6. The number of carbonyl (C=O) groups excluding carboxylic acids is 4. The van der Waals surface area contributed by atoms with E-state index in [1.807, 2.05) is 6.92 Å². The maximum atomic E-state index is 12.4. The van der Waals surface area contributed by atoms with Gasteiger partial charge in [-0.05, 0) is 55.0 Å². The first-order valence-electron chi connectivity index (χ1n) is 10.2. The lowest BCUT2D eigenvalue weighted by atomic mass is 10.1. The van der Waals surface area contributed by atoms with Crippen LogP contribution in [0.25, 0.3) is 0 Å². The number of nitrogens with one attached hydrogen (secondary N) is 1. The number of carbonyl (C=O) groups is 4. The molecular weight excluding hydrogens is 480 g/mol. The zero-order chi connectivity index (χ0) is 23.1. The maximum absolute atomic E-state index is 12.4. The van der Waals surface area contributed by atoms with Gasteiger partial charge >= 0.3 is 11.9 Å². The number of anilines is 2. The van der Waals surface area contributed by atoms with Crippen molar-refractivity contribution in [3.05, 3.63) is 58.6 Å². The third-order valence-corrected chi connectivity index (χ3v) is 5.31. The third kappa shape index (κ3) is 6.16. The summed E-state index contributed by atoms with van der Waals surface area (Å²) in [6.45, 7) is 1.96. The lowest BCUT2D eigenvalue weighted by Crippen LogP contribution is -2.28. The molecule has 1 saturated heterocycles. The molecule has 2 amide bonds. The molecule has 9 heteroatoms. The summed E-state index contributed by atoms with van der Waals surface area (Å²) in [6, 6.07) is 13.4. The largest absolute Gasteiger partial charge is 0.462 e. The molecule has 0 spiro atoms. The van der Waals surface area contributed by atoms with E-state index in [4.69, 9.17) is 9.47 Å². The van der Waals surface area contributed by atoms with Crippen LogP contribution in [0.5, 0.6) is 0 Å². The Morgan fingerprint density at radius 2 is 1.75 bits per heavy atom. The second kappa shape index (κ2) is 10.9. The molecule has 2 aromatic rings. The number of nitrogens with zero attached hydrogens (tertiary/aromatic N) is 1. The zero-order valence-corrected chi connectivity index (χ0v) is 19.1. The summed E-state index contributed by atoms with van der Waals surface area (Å²) in [5, 5.41) is 2.63. The van der Waals surface area contributed by atoms with Crippen LogP contribution in [0.1, 0.15) is 30.1 Å². The molecule has 1 fully saturated rings. The van der Waals surface area contributed by atoms with Crippen LogP contribution in [0.4, 0.5) is 11.4 Å². The molecule has 2 aromatic carbocycles. The van der Waals surface area contributed by atoms with E-state index in [0.29, 0.717) is 23.5 Å². The predicted molar refractivity (Wildman–Crippen MR) is 121 cm³/mol. The van der Waals surface area contributed by atoms with Gasteiger partial charge in [0.05, 0.1) is 18.1 Å². The Morgan fingerprint density at radius 3 is 2.41 bits per heavy atom. The van der Waals surface area contributed by atoms with E-state index in [1.54, 1.807) is 48.5 Å². The van der Waals surface area contributed by atoms with Crippen molar-refractivity contribution < 1.29 is 28.7 Å². The first-order chi connectivity index (χ1) is 15.4. The highest BCUT2D eigenvalue weighted by Crippen LogP contribution is 2.26. The van der Waals surface area contributed by atoms with Crippen molar-refractivity contribution in [1.82, 2.24) is 0 Å². The van der Waals surface area contributed by atoms with Crippen LogP contribution in [0.2, 0.25) is 0 Å². The van der Waals surface area contributed by atoms with Crippen molar-refractivity contribution in [2.24, 2.45) is 5.92 Å². The Bertz CT molecular complexity index is 991. The second-order valence-corrected chi connectivity index (χ2v) is 8.17. The molecular formula is C23H23BrN2O6. The van der Waals surface area contributed by atoms with Gasteiger partial charge in [-0.25, -0.2) is 4.79 Å². The Labute approximate surface area is 194 Å². The predicted octanol–water partition coefficient (Wildman–Crippen LogP) is 3.55. The van der Waals surface area contributed by atoms with Crippen LogP contribution in [-0.2, 0) is 23.9 Å². The fourth-order valence-electron chi connectivity index (χ4n) is 3.16. The Hall–Kier alpha value is -3.20.